The van der Waals surface area contributed by atoms with Crippen molar-refractivity contribution < 1.29 is 32.2 Å². The van der Waals surface area contributed by atoms with Gasteiger partial charge >= 0.3 is 12.1 Å². The first-order valence-corrected chi connectivity index (χ1v) is 8.07. The van der Waals surface area contributed by atoms with Gasteiger partial charge in [0, 0.05) is 5.56 Å². The lowest BCUT2D eigenvalue weighted by molar-refractivity contribution is -0.140. The van der Waals surface area contributed by atoms with E-state index in [1.165, 1.54) is 27.2 Å². The number of methoxy groups -OCH3 is 2. The van der Waals surface area contributed by atoms with Crippen LogP contribution in [0.4, 0.5) is 19.1 Å². The quantitative estimate of drug-likeness (QED) is 0.763. The Hall–Kier alpha value is -3.31. The Bertz CT molecular complexity index is 925. The average Bonchev–Trinajstić information content (AvgIpc) is 3.13. The van der Waals surface area contributed by atoms with Gasteiger partial charge in [-0.25, -0.2) is 4.79 Å². The van der Waals surface area contributed by atoms with Gasteiger partial charge in [0.2, 0.25) is 5.95 Å². The Kier molecular flexibility index (Phi) is 5.12. The number of alkyl halides is 3. The number of tetrazole rings is 1. The number of fused-ring (bicyclic) bond motifs is 1. The summed E-state index contributed by atoms with van der Waals surface area (Å²) in [6.07, 6.45) is -4.89. The molecule has 1 aromatic carbocycles. The minimum atomic E-state index is -4.89. The van der Waals surface area contributed by atoms with Crippen molar-refractivity contribution >= 4 is 11.9 Å². The molecule has 2 heterocycles. The largest absolute Gasteiger partial charge is 0.493 e. The zero-order valence-corrected chi connectivity index (χ0v) is 15.1. The second-order valence-corrected chi connectivity index (χ2v) is 5.56. The molecule has 9 nitrogen and oxygen atoms in total. The number of benzene rings is 1. The molecule has 0 amide bonds. The van der Waals surface area contributed by atoms with Crippen LogP contribution in [0.2, 0.25) is 0 Å². The number of esters is 1. The van der Waals surface area contributed by atoms with Gasteiger partial charge in [-0.15, -0.1) is 0 Å². The molecule has 3 rings (SSSR count). The van der Waals surface area contributed by atoms with Crippen molar-refractivity contribution in [1.29, 1.82) is 0 Å². The highest BCUT2D eigenvalue weighted by molar-refractivity contribution is 5.93. The number of hydrogen-bond donors (Lipinski definition) is 1. The number of aromatic nitrogens is 4. The third kappa shape index (κ3) is 3.21. The van der Waals surface area contributed by atoms with E-state index < -0.39 is 29.5 Å². The molecule has 0 aliphatic carbocycles. The van der Waals surface area contributed by atoms with Crippen LogP contribution in [-0.2, 0) is 9.53 Å². The van der Waals surface area contributed by atoms with Gasteiger partial charge in [0.25, 0.3) is 0 Å². The molecule has 1 atom stereocenters. The van der Waals surface area contributed by atoms with Gasteiger partial charge in [-0.1, -0.05) is 17.2 Å². The van der Waals surface area contributed by atoms with E-state index in [2.05, 4.69) is 20.8 Å². The van der Waals surface area contributed by atoms with E-state index >= 15 is 0 Å². The SMILES string of the molecule is CCOC(=O)C1=C(C(F)(F)F)Nc2nnnn2[C@H]1c1cccc(OC)c1OC. The Morgan fingerprint density at radius 1 is 1.29 bits per heavy atom. The van der Waals surface area contributed by atoms with Gasteiger partial charge < -0.3 is 19.5 Å². The monoisotopic (exact) mass is 399 g/mol. The van der Waals surface area contributed by atoms with Gasteiger partial charge in [0.05, 0.1) is 26.4 Å². The normalized spacial score (nSPS) is 16.3. The fourth-order valence-corrected chi connectivity index (χ4v) is 2.95. The number of halogens is 3. The van der Waals surface area contributed by atoms with Crippen molar-refractivity contribution in [3.63, 3.8) is 0 Å². The van der Waals surface area contributed by atoms with E-state index in [4.69, 9.17) is 14.2 Å². The van der Waals surface area contributed by atoms with E-state index in [1.54, 1.807) is 12.1 Å². The predicted molar refractivity (Wildman–Crippen MR) is 88.8 cm³/mol. The van der Waals surface area contributed by atoms with Crippen LogP contribution in [0.5, 0.6) is 11.5 Å². The van der Waals surface area contributed by atoms with E-state index in [-0.39, 0.29) is 29.6 Å². The molecule has 0 fully saturated rings. The number of allylic oxidation sites excluding steroid dienone is 1. The fourth-order valence-electron chi connectivity index (χ4n) is 2.95. The maximum absolute atomic E-state index is 13.7. The Morgan fingerprint density at radius 3 is 2.64 bits per heavy atom. The van der Waals surface area contributed by atoms with Crippen molar-refractivity contribution in [1.82, 2.24) is 20.2 Å². The van der Waals surface area contributed by atoms with Crippen LogP contribution in [-0.4, -0.2) is 53.2 Å². The van der Waals surface area contributed by atoms with E-state index in [9.17, 15) is 18.0 Å². The van der Waals surface area contributed by atoms with E-state index in [0.717, 1.165) is 4.68 Å². The summed E-state index contributed by atoms with van der Waals surface area (Å²) >= 11 is 0. The minimum Gasteiger partial charge on any atom is -0.493 e. The molecule has 1 aliphatic rings. The van der Waals surface area contributed by atoms with Crippen molar-refractivity contribution in [2.45, 2.75) is 19.1 Å². The molecule has 1 aliphatic heterocycles. The summed E-state index contributed by atoms with van der Waals surface area (Å²) in [5.74, 6) is -1.03. The van der Waals surface area contributed by atoms with Crippen LogP contribution in [0.25, 0.3) is 0 Å². The summed E-state index contributed by atoms with van der Waals surface area (Å²) in [4.78, 5) is 12.6. The second kappa shape index (κ2) is 7.37. The van der Waals surface area contributed by atoms with Crippen LogP contribution >= 0.6 is 0 Å². The highest BCUT2D eigenvalue weighted by Crippen LogP contribution is 2.45. The lowest BCUT2D eigenvalue weighted by atomic mass is 9.94. The standard InChI is InChI=1S/C16H16F3N5O4/c1-4-28-14(25)10-11(8-6-5-7-9(26-2)12(8)27-3)24-15(21-22-23-24)20-13(10)16(17,18)19/h5-7,11H,4H2,1-3H3,(H,20,21,23)/t11-/m0/s1. The van der Waals surface area contributed by atoms with Crippen molar-refractivity contribution in [3.05, 3.63) is 35.0 Å². The fraction of sp³-hybridized carbons (Fsp3) is 0.375. The van der Waals surface area contributed by atoms with Crippen LogP contribution in [0.1, 0.15) is 18.5 Å². The summed E-state index contributed by atoms with van der Waals surface area (Å²) in [7, 11) is 2.72. The topological polar surface area (TPSA) is 100 Å². The molecule has 1 aromatic heterocycles. The number of hydrogen-bond acceptors (Lipinski definition) is 8. The molecule has 12 heteroatoms. The molecule has 0 saturated carbocycles. The molecule has 0 radical (unpaired) electrons. The molecule has 0 saturated heterocycles. The number of para-hydroxylation sites is 1. The third-order valence-corrected chi connectivity index (χ3v) is 4.02. The first-order chi connectivity index (χ1) is 13.3. The summed E-state index contributed by atoms with van der Waals surface area (Å²) in [5, 5.41) is 12.8. The lowest BCUT2D eigenvalue weighted by Crippen LogP contribution is -2.35. The third-order valence-electron chi connectivity index (χ3n) is 4.02. The van der Waals surface area contributed by atoms with Crippen molar-refractivity contribution in [2.24, 2.45) is 0 Å². The second-order valence-electron chi connectivity index (χ2n) is 5.56. The van der Waals surface area contributed by atoms with Crippen molar-refractivity contribution in [3.8, 4) is 11.5 Å². The molecule has 2 aromatic rings. The van der Waals surface area contributed by atoms with Crippen LogP contribution in [0.3, 0.4) is 0 Å². The van der Waals surface area contributed by atoms with Gasteiger partial charge in [-0.2, -0.15) is 17.9 Å². The van der Waals surface area contributed by atoms with Crippen LogP contribution in [0, 0.1) is 0 Å². The summed E-state index contributed by atoms with van der Waals surface area (Å²) in [6.45, 7) is 1.38. The first kappa shape index (κ1) is 19.5. The number of ether oxygens (including phenoxy) is 3. The number of nitrogens with zero attached hydrogens (tertiary/aromatic N) is 4. The molecule has 0 bridgehead atoms. The maximum Gasteiger partial charge on any atom is 0.431 e. The van der Waals surface area contributed by atoms with Gasteiger partial charge in [0.1, 0.15) is 11.7 Å². The number of nitrogens with one attached hydrogen (secondary N) is 1. The van der Waals surface area contributed by atoms with Crippen LogP contribution < -0.4 is 14.8 Å². The Morgan fingerprint density at radius 2 is 2.04 bits per heavy atom. The Labute approximate surface area is 157 Å². The smallest absolute Gasteiger partial charge is 0.431 e. The highest BCUT2D eigenvalue weighted by Gasteiger charge is 2.47. The van der Waals surface area contributed by atoms with Crippen molar-refractivity contribution in [2.75, 3.05) is 26.1 Å². The highest BCUT2D eigenvalue weighted by atomic mass is 19.4. The van der Waals surface area contributed by atoms with Gasteiger partial charge in [-0.3, -0.25) is 0 Å². The van der Waals surface area contributed by atoms with E-state index in [1.807, 2.05) is 0 Å². The molecule has 150 valence electrons. The van der Waals surface area contributed by atoms with E-state index in [0.29, 0.717) is 0 Å². The Balaban J connectivity index is 2.33. The minimum absolute atomic E-state index is 0.113. The predicted octanol–water partition coefficient (Wildman–Crippen LogP) is 2.08. The zero-order valence-electron chi connectivity index (χ0n) is 15.1. The lowest BCUT2D eigenvalue weighted by Gasteiger charge is -2.30. The molecule has 28 heavy (non-hydrogen) atoms. The average molecular weight is 399 g/mol. The molecule has 1 N–H and O–H groups in total. The molecule has 0 unspecified atom stereocenters. The molecular formula is C16H16F3N5O4. The molecular weight excluding hydrogens is 383 g/mol. The number of rotatable bonds is 5. The summed E-state index contributed by atoms with van der Waals surface area (Å²) in [5.41, 5.74) is -1.80. The van der Waals surface area contributed by atoms with Gasteiger partial charge in [-0.05, 0) is 23.4 Å². The van der Waals surface area contributed by atoms with Gasteiger partial charge in [0.15, 0.2) is 11.5 Å². The van der Waals surface area contributed by atoms with Crippen LogP contribution in [0.15, 0.2) is 29.5 Å². The molecule has 0 spiro atoms. The number of anilines is 1. The summed E-state index contributed by atoms with van der Waals surface area (Å²) in [6, 6.07) is 3.27. The first-order valence-electron chi connectivity index (χ1n) is 8.07. The number of carbonyl (C=O) groups excluding carboxylic acids is 1. The number of carbonyl (C=O) groups is 1. The zero-order chi connectivity index (χ0) is 20.5. The maximum atomic E-state index is 13.7. The summed E-state index contributed by atoms with van der Waals surface area (Å²) < 4.78 is 57.7.